The van der Waals surface area contributed by atoms with Gasteiger partial charge in [-0.15, -0.1) is 11.3 Å². The summed E-state index contributed by atoms with van der Waals surface area (Å²) in [7, 11) is 0. The molecule has 0 saturated heterocycles. The lowest BCUT2D eigenvalue weighted by molar-refractivity contribution is -0.125. The second-order valence-electron chi connectivity index (χ2n) is 3.88. The molecule has 0 aromatic carbocycles. The molecule has 0 unspecified atom stereocenters. The van der Waals surface area contributed by atoms with Gasteiger partial charge in [-0.2, -0.15) is 0 Å². The van der Waals surface area contributed by atoms with E-state index in [9.17, 15) is 4.79 Å². The molecule has 1 aliphatic rings. The SMILES string of the molecule is Nc1nc(CNC(=O)[C@@H]2CC=CCC2)cs1. The maximum absolute atomic E-state index is 11.8. The highest BCUT2D eigenvalue weighted by Gasteiger charge is 2.18. The van der Waals surface area contributed by atoms with Crippen LogP contribution in [-0.2, 0) is 11.3 Å². The Morgan fingerprint density at radius 1 is 1.62 bits per heavy atom. The molecule has 16 heavy (non-hydrogen) atoms. The standard InChI is InChI=1S/C11H15N3OS/c12-11-14-9(7-16-11)6-13-10(15)8-4-2-1-3-5-8/h1-2,7-8H,3-6H2,(H2,12,14)(H,13,15)/t8-/m1/s1. The average molecular weight is 237 g/mol. The first kappa shape index (κ1) is 11.1. The molecule has 5 heteroatoms. The van der Waals surface area contributed by atoms with E-state index in [0.29, 0.717) is 11.7 Å². The van der Waals surface area contributed by atoms with Crippen molar-refractivity contribution in [1.82, 2.24) is 10.3 Å². The van der Waals surface area contributed by atoms with Crippen LogP contribution in [0.5, 0.6) is 0 Å². The third kappa shape index (κ3) is 2.82. The molecule has 0 saturated carbocycles. The summed E-state index contributed by atoms with van der Waals surface area (Å²) < 4.78 is 0. The molecule has 0 bridgehead atoms. The molecule has 1 amide bonds. The molecular formula is C11H15N3OS. The summed E-state index contributed by atoms with van der Waals surface area (Å²) in [4.78, 5) is 15.9. The topological polar surface area (TPSA) is 68.0 Å². The van der Waals surface area contributed by atoms with Gasteiger partial charge in [0.15, 0.2) is 5.13 Å². The fraction of sp³-hybridized carbons (Fsp3) is 0.455. The van der Waals surface area contributed by atoms with E-state index in [2.05, 4.69) is 22.5 Å². The van der Waals surface area contributed by atoms with Gasteiger partial charge in [0.05, 0.1) is 12.2 Å². The molecule has 0 fully saturated rings. The Balaban J connectivity index is 1.81. The first-order valence-electron chi connectivity index (χ1n) is 5.38. The Hall–Kier alpha value is -1.36. The Morgan fingerprint density at radius 2 is 2.50 bits per heavy atom. The number of aromatic nitrogens is 1. The lowest BCUT2D eigenvalue weighted by atomic mass is 9.94. The van der Waals surface area contributed by atoms with E-state index >= 15 is 0 Å². The number of amides is 1. The zero-order chi connectivity index (χ0) is 11.4. The summed E-state index contributed by atoms with van der Waals surface area (Å²) in [5, 5.41) is 5.32. The fourth-order valence-electron chi connectivity index (χ4n) is 1.76. The van der Waals surface area contributed by atoms with Gasteiger partial charge in [0.2, 0.25) is 5.91 Å². The van der Waals surface area contributed by atoms with E-state index < -0.39 is 0 Å². The van der Waals surface area contributed by atoms with Gasteiger partial charge in [-0.3, -0.25) is 4.79 Å². The van der Waals surface area contributed by atoms with Crippen LogP contribution in [0.3, 0.4) is 0 Å². The van der Waals surface area contributed by atoms with Gasteiger partial charge in [0.25, 0.3) is 0 Å². The van der Waals surface area contributed by atoms with Crippen molar-refractivity contribution in [3.8, 4) is 0 Å². The number of nitrogens with zero attached hydrogens (tertiary/aromatic N) is 1. The minimum absolute atomic E-state index is 0.121. The number of allylic oxidation sites excluding steroid dienone is 2. The average Bonchev–Trinajstić information content (AvgIpc) is 2.73. The smallest absolute Gasteiger partial charge is 0.223 e. The molecule has 1 atom stereocenters. The quantitative estimate of drug-likeness (QED) is 0.786. The van der Waals surface area contributed by atoms with E-state index in [-0.39, 0.29) is 11.8 Å². The number of carbonyl (C=O) groups is 1. The number of hydrogen-bond donors (Lipinski definition) is 2. The number of rotatable bonds is 3. The highest BCUT2D eigenvalue weighted by Crippen LogP contribution is 2.18. The normalized spacial score (nSPS) is 19.6. The molecule has 0 aliphatic heterocycles. The van der Waals surface area contributed by atoms with E-state index in [1.54, 1.807) is 0 Å². The number of thiazole rings is 1. The van der Waals surface area contributed by atoms with Gasteiger partial charge in [-0.1, -0.05) is 12.2 Å². The number of nitrogen functional groups attached to an aromatic ring is 1. The first-order valence-corrected chi connectivity index (χ1v) is 6.26. The summed E-state index contributed by atoms with van der Waals surface area (Å²) in [6.07, 6.45) is 7.01. The molecule has 4 nitrogen and oxygen atoms in total. The van der Waals surface area contributed by atoms with Gasteiger partial charge in [0.1, 0.15) is 0 Å². The van der Waals surface area contributed by atoms with E-state index in [1.807, 2.05) is 5.38 Å². The summed E-state index contributed by atoms with van der Waals surface area (Å²) in [6.45, 7) is 0.479. The summed E-state index contributed by atoms with van der Waals surface area (Å²) >= 11 is 1.40. The number of carbonyl (C=O) groups excluding carboxylic acids is 1. The van der Waals surface area contributed by atoms with Crippen LogP contribution in [0.1, 0.15) is 25.0 Å². The fourth-order valence-corrected chi connectivity index (χ4v) is 2.32. The first-order chi connectivity index (χ1) is 7.75. The maximum atomic E-state index is 11.8. The van der Waals surface area contributed by atoms with Gasteiger partial charge in [-0.05, 0) is 19.3 Å². The number of nitrogens with two attached hydrogens (primary N) is 1. The van der Waals surface area contributed by atoms with E-state index in [4.69, 9.17) is 5.73 Å². The lowest BCUT2D eigenvalue weighted by Gasteiger charge is -2.16. The molecule has 1 heterocycles. The van der Waals surface area contributed by atoms with Crippen LogP contribution in [0, 0.1) is 5.92 Å². The van der Waals surface area contributed by atoms with Gasteiger partial charge in [0, 0.05) is 11.3 Å². The van der Waals surface area contributed by atoms with Gasteiger partial charge < -0.3 is 11.1 Å². The van der Waals surface area contributed by atoms with Gasteiger partial charge in [-0.25, -0.2) is 4.98 Å². The molecule has 1 aromatic rings. The Bertz CT molecular complexity index is 400. The highest BCUT2D eigenvalue weighted by molar-refractivity contribution is 7.13. The van der Waals surface area contributed by atoms with Crippen molar-refractivity contribution in [2.24, 2.45) is 5.92 Å². The van der Waals surface area contributed by atoms with E-state index in [0.717, 1.165) is 25.0 Å². The summed E-state index contributed by atoms with van der Waals surface area (Å²) in [6, 6.07) is 0. The number of hydrogen-bond acceptors (Lipinski definition) is 4. The molecule has 2 rings (SSSR count). The minimum atomic E-state index is 0.121. The second kappa shape index (κ2) is 5.12. The van der Waals surface area contributed by atoms with Crippen LogP contribution in [0.15, 0.2) is 17.5 Å². The molecular weight excluding hydrogens is 222 g/mol. The second-order valence-corrected chi connectivity index (χ2v) is 4.77. The van der Waals surface area contributed by atoms with Crippen molar-refractivity contribution in [1.29, 1.82) is 0 Å². The lowest BCUT2D eigenvalue weighted by Crippen LogP contribution is -2.30. The Labute approximate surface area is 98.6 Å². The van der Waals surface area contributed by atoms with Crippen molar-refractivity contribution in [3.05, 3.63) is 23.2 Å². The van der Waals surface area contributed by atoms with Crippen LogP contribution < -0.4 is 11.1 Å². The zero-order valence-corrected chi connectivity index (χ0v) is 9.80. The van der Waals surface area contributed by atoms with Crippen LogP contribution in [0.2, 0.25) is 0 Å². The van der Waals surface area contributed by atoms with Crippen LogP contribution in [0.4, 0.5) is 5.13 Å². The van der Waals surface area contributed by atoms with Crippen molar-refractivity contribution >= 4 is 22.4 Å². The monoisotopic (exact) mass is 237 g/mol. The van der Waals surface area contributed by atoms with Crippen LogP contribution in [0.25, 0.3) is 0 Å². The third-order valence-corrected chi connectivity index (χ3v) is 3.38. The molecule has 1 aliphatic carbocycles. The molecule has 1 aromatic heterocycles. The predicted molar refractivity (Wildman–Crippen MR) is 64.9 cm³/mol. The molecule has 86 valence electrons. The van der Waals surface area contributed by atoms with Crippen molar-refractivity contribution < 1.29 is 4.79 Å². The minimum Gasteiger partial charge on any atom is -0.375 e. The molecule has 3 N–H and O–H groups in total. The summed E-state index contributed by atoms with van der Waals surface area (Å²) in [5.41, 5.74) is 6.35. The number of anilines is 1. The van der Waals surface area contributed by atoms with Gasteiger partial charge >= 0.3 is 0 Å². The van der Waals surface area contributed by atoms with Crippen LogP contribution >= 0.6 is 11.3 Å². The Kier molecular flexibility index (Phi) is 3.56. The third-order valence-electron chi connectivity index (χ3n) is 2.65. The van der Waals surface area contributed by atoms with Crippen LogP contribution in [-0.4, -0.2) is 10.9 Å². The zero-order valence-electron chi connectivity index (χ0n) is 8.98. The largest absolute Gasteiger partial charge is 0.375 e. The number of nitrogens with one attached hydrogen (secondary N) is 1. The maximum Gasteiger partial charge on any atom is 0.223 e. The molecule has 0 spiro atoms. The predicted octanol–water partition coefficient (Wildman–Crippen LogP) is 1.70. The van der Waals surface area contributed by atoms with E-state index in [1.165, 1.54) is 11.3 Å². The van der Waals surface area contributed by atoms with Crippen molar-refractivity contribution in [2.45, 2.75) is 25.8 Å². The Morgan fingerprint density at radius 3 is 3.12 bits per heavy atom. The summed E-state index contributed by atoms with van der Waals surface area (Å²) in [5.74, 6) is 0.247. The van der Waals surface area contributed by atoms with Crippen molar-refractivity contribution in [2.75, 3.05) is 5.73 Å². The van der Waals surface area contributed by atoms with Crippen molar-refractivity contribution in [3.63, 3.8) is 0 Å². The highest BCUT2D eigenvalue weighted by atomic mass is 32.1. The molecule has 0 radical (unpaired) electrons.